The second kappa shape index (κ2) is 6.91. The number of carbonyl (C=O) groups is 1. The van der Waals surface area contributed by atoms with Gasteiger partial charge in [-0.2, -0.15) is 0 Å². The average Bonchev–Trinajstić information content (AvgIpc) is 2.48. The highest BCUT2D eigenvalue weighted by Gasteiger charge is 2.12. The zero-order valence-electron chi connectivity index (χ0n) is 11.1. The highest BCUT2D eigenvalue weighted by molar-refractivity contribution is 9.10. The van der Waals surface area contributed by atoms with Gasteiger partial charge in [0, 0.05) is 17.3 Å². The van der Waals surface area contributed by atoms with Crippen LogP contribution in [0.4, 0.5) is 10.1 Å². The fourth-order valence-corrected chi connectivity index (χ4v) is 2.39. The van der Waals surface area contributed by atoms with Crippen molar-refractivity contribution < 1.29 is 13.9 Å². The Kier molecular flexibility index (Phi) is 5.20. The van der Waals surface area contributed by atoms with Gasteiger partial charge in [0.25, 0.3) is 0 Å². The molecular formula is C15H12BrClFNO2. The van der Waals surface area contributed by atoms with Crippen LogP contribution in [0.25, 0.3) is 0 Å². The topological polar surface area (TPSA) is 38.3 Å². The number of rotatable bonds is 4. The number of esters is 1. The SMILES string of the molecule is COC(=O)c1cc(Cl)ccc1NCc1ccc(F)c(Br)c1. The van der Waals surface area contributed by atoms with E-state index in [-0.39, 0.29) is 5.82 Å². The third-order valence-corrected chi connectivity index (χ3v) is 3.70. The van der Waals surface area contributed by atoms with Crippen molar-refractivity contribution in [2.75, 3.05) is 12.4 Å². The van der Waals surface area contributed by atoms with E-state index in [2.05, 4.69) is 21.2 Å². The van der Waals surface area contributed by atoms with Crippen LogP contribution >= 0.6 is 27.5 Å². The largest absolute Gasteiger partial charge is 0.465 e. The summed E-state index contributed by atoms with van der Waals surface area (Å²) in [6.07, 6.45) is 0. The molecule has 6 heteroatoms. The van der Waals surface area contributed by atoms with Gasteiger partial charge in [-0.05, 0) is 51.8 Å². The molecular weight excluding hydrogens is 361 g/mol. The van der Waals surface area contributed by atoms with Crippen molar-refractivity contribution in [2.45, 2.75) is 6.54 Å². The first-order valence-electron chi connectivity index (χ1n) is 6.07. The first-order valence-corrected chi connectivity index (χ1v) is 7.24. The van der Waals surface area contributed by atoms with Gasteiger partial charge in [-0.3, -0.25) is 0 Å². The molecule has 110 valence electrons. The summed E-state index contributed by atoms with van der Waals surface area (Å²) in [4.78, 5) is 11.7. The minimum absolute atomic E-state index is 0.319. The molecule has 0 radical (unpaired) electrons. The van der Waals surface area contributed by atoms with E-state index < -0.39 is 5.97 Å². The van der Waals surface area contributed by atoms with Crippen molar-refractivity contribution in [2.24, 2.45) is 0 Å². The zero-order chi connectivity index (χ0) is 15.4. The Hall–Kier alpha value is -1.59. The minimum Gasteiger partial charge on any atom is -0.465 e. The molecule has 0 saturated heterocycles. The molecule has 2 aromatic rings. The van der Waals surface area contributed by atoms with E-state index in [4.69, 9.17) is 16.3 Å². The Bertz CT molecular complexity index is 679. The van der Waals surface area contributed by atoms with Gasteiger partial charge in [0.1, 0.15) is 5.82 Å². The minimum atomic E-state index is -0.472. The van der Waals surface area contributed by atoms with E-state index in [0.717, 1.165) is 5.56 Å². The fourth-order valence-electron chi connectivity index (χ4n) is 1.80. The number of benzene rings is 2. The summed E-state index contributed by atoms with van der Waals surface area (Å²) in [5, 5.41) is 3.57. The molecule has 0 amide bonds. The molecule has 2 rings (SSSR count). The van der Waals surface area contributed by atoms with Gasteiger partial charge in [0.15, 0.2) is 0 Å². The molecule has 0 heterocycles. The maximum Gasteiger partial charge on any atom is 0.340 e. The van der Waals surface area contributed by atoms with Crippen molar-refractivity contribution in [1.29, 1.82) is 0 Å². The predicted molar refractivity (Wildman–Crippen MR) is 84.2 cm³/mol. The third-order valence-electron chi connectivity index (χ3n) is 2.85. The lowest BCUT2D eigenvalue weighted by atomic mass is 10.1. The van der Waals surface area contributed by atoms with Gasteiger partial charge >= 0.3 is 5.97 Å². The number of anilines is 1. The van der Waals surface area contributed by atoms with Crippen molar-refractivity contribution in [3.05, 3.63) is 62.8 Å². The summed E-state index contributed by atoms with van der Waals surface area (Å²) in [5.41, 5.74) is 1.83. The summed E-state index contributed by atoms with van der Waals surface area (Å²) in [6, 6.07) is 9.64. The Morgan fingerprint density at radius 3 is 2.76 bits per heavy atom. The van der Waals surface area contributed by atoms with Gasteiger partial charge in [0.2, 0.25) is 0 Å². The molecule has 0 unspecified atom stereocenters. The van der Waals surface area contributed by atoms with Crippen LogP contribution in [-0.2, 0) is 11.3 Å². The first kappa shape index (κ1) is 15.8. The quantitative estimate of drug-likeness (QED) is 0.795. The maximum absolute atomic E-state index is 13.2. The number of ether oxygens (including phenoxy) is 1. The van der Waals surface area contributed by atoms with Crippen LogP contribution in [-0.4, -0.2) is 13.1 Å². The van der Waals surface area contributed by atoms with Crippen LogP contribution in [0.1, 0.15) is 15.9 Å². The first-order chi connectivity index (χ1) is 10.0. The summed E-state index contributed by atoms with van der Waals surface area (Å²) < 4.78 is 18.3. The maximum atomic E-state index is 13.2. The second-order valence-electron chi connectivity index (χ2n) is 4.28. The lowest BCUT2D eigenvalue weighted by Gasteiger charge is -2.11. The van der Waals surface area contributed by atoms with Crippen LogP contribution in [0.2, 0.25) is 5.02 Å². The Balaban J connectivity index is 2.19. The molecule has 21 heavy (non-hydrogen) atoms. The molecule has 0 aliphatic carbocycles. The molecule has 0 aromatic heterocycles. The molecule has 0 aliphatic rings. The number of hydrogen-bond acceptors (Lipinski definition) is 3. The molecule has 2 aromatic carbocycles. The highest BCUT2D eigenvalue weighted by atomic mass is 79.9. The van der Waals surface area contributed by atoms with Gasteiger partial charge in [-0.25, -0.2) is 9.18 Å². The van der Waals surface area contributed by atoms with E-state index in [1.165, 1.54) is 19.2 Å². The predicted octanol–water partition coefficient (Wildman–Crippen LogP) is 4.64. The standard InChI is InChI=1S/C15H12BrClFNO2/c1-21-15(20)11-7-10(17)3-5-14(11)19-8-9-2-4-13(18)12(16)6-9/h2-7,19H,8H2,1H3. The third kappa shape index (κ3) is 3.95. The number of hydrogen-bond donors (Lipinski definition) is 1. The summed E-state index contributed by atoms with van der Waals surface area (Å²) in [5.74, 6) is -0.791. The zero-order valence-corrected chi connectivity index (χ0v) is 13.5. The van der Waals surface area contributed by atoms with Crippen LogP contribution in [0.5, 0.6) is 0 Å². The molecule has 0 aliphatic heterocycles. The molecule has 0 fully saturated rings. The fraction of sp³-hybridized carbons (Fsp3) is 0.133. The number of nitrogens with one attached hydrogen (secondary N) is 1. The number of methoxy groups -OCH3 is 1. The molecule has 1 N–H and O–H groups in total. The lowest BCUT2D eigenvalue weighted by molar-refractivity contribution is 0.0602. The Morgan fingerprint density at radius 2 is 2.10 bits per heavy atom. The summed E-state index contributed by atoms with van der Waals surface area (Å²) in [7, 11) is 1.31. The molecule has 0 saturated carbocycles. The van der Waals surface area contributed by atoms with Crippen molar-refractivity contribution in [1.82, 2.24) is 0 Å². The Labute approximate surface area is 135 Å². The van der Waals surface area contributed by atoms with Gasteiger partial charge in [-0.15, -0.1) is 0 Å². The number of carbonyl (C=O) groups excluding carboxylic acids is 1. The van der Waals surface area contributed by atoms with Gasteiger partial charge in [0.05, 0.1) is 17.1 Å². The van der Waals surface area contributed by atoms with Crippen LogP contribution in [0.15, 0.2) is 40.9 Å². The average molecular weight is 373 g/mol. The monoisotopic (exact) mass is 371 g/mol. The Morgan fingerprint density at radius 1 is 1.33 bits per heavy atom. The normalized spacial score (nSPS) is 10.3. The van der Waals surface area contributed by atoms with Crippen LogP contribution < -0.4 is 5.32 Å². The second-order valence-corrected chi connectivity index (χ2v) is 5.57. The molecule has 0 spiro atoms. The molecule has 0 bridgehead atoms. The van der Waals surface area contributed by atoms with Crippen LogP contribution in [0.3, 0.4) is 0 Å². The number of halogens is 3. The van der Waals surface area contributed by atoms with E-state index in [9.17, 15) is 9.18 Å². The van der Waals surface area contributed by atoms with Crippen molar-refractivity contribution >= 4 is 39.2 Å². The molecule has 3 nitrogen and oxygen atoms in total. The van der Waals surface area contributed by atoms with Gasteiger partial charge < -0.3 is 10.1 Å². The summed E-state index contributed by atoms with van der Waals surface area (Å²) >= 11 is 9.03. The van der Waals surface area contributed by atoms with E-state index in [1.807, 2.05) is 0 Å². The van der Waals surface area contributed by atoms with Crippen molar-refractivity contribution in [3.63, 3.8) is 0 Å². The van der Waals surface area contributed by atoms with Crippen molar-refractivity contribution in [3.8, 4) is 0 Å². The van der Waals surface area contributed by atoms with E-state index in [1.54, 1.807) is 24.3 Å². The van der Waals surface area contributed by atoms with E-state index in [0.29, 0.717) is 27.3 Å². The smallest absolute Gasteiger partial charge is 0.340 e. The highest BCUT2D eigenvalue weighted by Crippen LogP contribution is 2.23. The van der Waals surface area contributed by atoms with Gasteiger partial charge in [-0.1, -0.05) is 17.7 Å². The lowest BCUT2D eigenvalue weighted by Crippen LogP contribution is -2.08. The summed E-state index contributed by atoms with van der Waals surface area (Å²) in [6.45, 7) is 0.435. The molecule has 0 atom stereocenters. The van der Waals surface area contributed by atoms with E-state index >= 15 is 0 Å². The van der Waals surface area contributed by atoms with Crippen LogP contribution in [0, 0.1) is 5.82 Å².